The van der Waals surface area contributed by atoms with Gasteiger partial charge >= 0.3 is 11.2 Å². The molecule has 1 N–H and O–H groups in total. The molecule has 0 radical (unpaired) electrons. The Bertz CT molecular complexity index is 1460. The molecular weight excluding hydrogens is 617 g/mol. The lowest BCUT2D eigenvalue weighted by molar-refractivity contribution is -0.549. The fourth-order valence-corrected chi connectivity index (χ4v) is 5.85. The van der Waals surface area contributed by atoms with E-state index in [-0.39, 0.29) is 11.3 Å². The SMILES string of the molecule is O=c1ccn([C@@H]2O[C@H](COC(c3ccccc3)(c3ccccc3)c3ccccc3)[C@@H](O)[C@@H]2I)c(=O)n1[N+](=O)[O-]. The Morgan fingerprint density at radius 2 is 1.38 bits per heavy atom. The van der Waals surface area contributed by atoms with Gasteiger partial charge < -0.3 is 14.6 Å². The maximum atomic E-state index is 12.7. The summed E-state index contributed by atoms with van der Waals surface area (Å²) >= 11 is 1.94. The minimum absolute atomic E-state index is 0.0700. The first kappa shape index (κ1) is 26.9. The Morgan fingerprint density at radius 3 is 1.85 bits per heavy atom. The summed E-state index contributed by atoms with van der Waals surface area (Å²) in [6, 6.07) is 30.0. The Kier molecular flexibility index (Phi) is 7.75. The van der Waals surface area contributed by atoms with Gasteiger partial charge in [0.15, 0.2) is 11.3 Å². The van der Waals surface area contributed by atoms with Crippen molar-refractivity contribution in [3.8, 4) is 0 Å². The van der Waals surface area contributed by atoms with Gasteiger partial charge in [0.2, 0.25) is 0 Å². The van der Waals surface area contributed by atoms with Crippen LogP contribution >= 0.6 is 22.6 Å². The van der Waals surface area contributed by atoms with Crippen molar-refractivity contribution in [1.29, 1.82) is 0 Å². The van der Waals surface area contributed by atoms with E-state index in [1.807, 2.05) is 114 Å². The molecule has 10 nitrogen and oxygen atoms in total. The summed E-state index contributed by atoms with van der Waals surface area (Å²) in [4.78, 5) is 35.9. The van der Waals surface area contributed by atoms with Gasteiger partial charge in [-0.05, 0) is 16.7 Å². The van der Waals surface area contributed by atoms with Gasteiger partial charge in [0.25, 0.3) is 0 Å². The summed E-state index contributed by atoms with van der Waals surface area (Å²) in [6.45, 7) is -0.0700. The molecule has 0 aliphatic carbocycles. The lowest BCUT2D eigenvalue weighted by atomic mass is 9.80. The highest BCUT2D eigenvalue weighted by Gasteiger charge is 2.46. The van der Waals surface area contributed by atoms with Crippen LogP contribution in [0.5, 0.6) is 0 Å². The maximum Gasteiger partial charge on any atom is 0.394 e. The van der Waals surface area contributed by atoms with Gasteiger partial charge in [0, 0.05) is 16.9 Å². The number of nitro groups is 1. The number of ether oxygens (including phenoxy) is 2. The summed E-state index contributed by atoms with van der Waals surface area (Å²) in [5.41, 5.74) is -0.685. The summed E-state index contributed by atoms with van der Waals surface area (Å²) in [5.74, 6) is 0. The highest BCUT2D eigenvalue weighted by molar-refractivity contribution is 14.1. The zero-order chi connectivity index (χ0) is 27.6. The van der Waals surface area contributed by atoms with Crippen molar-refractivity contribution in [2.45, 2.75) is 28.0 Å². The van der Waals surface area contributed by atoms with E-state index in [1.165, 1.54) is 0 Å². The molecule has 1 aromatic heterocycles. The monoisotopic (exact) mass is 641 g/mol. The largest absolute Gasteiger partial charge is 0.394 e. The molecule has 0 spiro atoms. The van der Waals surface area contributed by atoms with Crippen LogP contribution in [0.4, 0.5) is 0 Å². The molecule has 1 saturated heterocycles. The molecule has 4 aromatic rings. The van der Waals surface area contributed by atoms with Crippen LogP contribution in [-0.2, 0) is 15.1 Å². The van der Waals surface area contributed by atoms with E-state index < -0.39 is 44.2 Å². The number of aromatic nitrogens is 2. The second kappa shape index (κ2) is 11.2. The van der Waals surface area contributed by atoms with E-state index in [0.29, 0.717) is 0 Å². The standard InChI is InChI=1S/C28H24IN3O7/c29-24-25(34)22(39-26(24)30-17-16-23(33)31(27(30)35)32(36)37)18-38-28(19-10-4-1-5-11-19,20-12-6-2-7-13-20)21-14-8-3-9-15-21/h1-17,22,24-26,34H,18H2/t22-,24+,25-,26-/m1/s1. The molecule has 0 saturated carbocycles. The van der Waals surface area contributed by atoms with Gasteiger partial charge in [-0.2, -0.15) is 0 Å². The fraction of sp³-hybridized carbons (Fsp3) is 0.214. The summed E-state index contributed by atoms with van der Waals surface area (Å²) in [6.07, 6.45) is -1.87. The van der Waals surface area contributed by atoms with Crippen LogP contribution < -0.4 is 11.2 Å². The number of hydrogen-bond donors (Lipinski definition) is 1. The Balaban J connectivity index is 1.53. The zero-order valence-corrected chi connectivity index (χ0v) is 22.6. The van der Waals surface area contributed by atoms with Crippen molar-refractivity contribution in [1.82, 2.24) is 9.24 Å². The Morgan fingerprint density at radius 1 is 0.897 bits per heavy atom. The molecule has 39 heavy (non-hydrogen) atoms. The van der Waals surface area contributed by atoms with E-state index in [2.05, 4.69) is 0 Å². The molecular formula is C28H24IN3O7. The normalized spacial score (nSPS) is 21.1. The van der Waals surface area contributed by atoms with Crippen molar-refractivity contribution in [3.05, 3.63) is 151 Å². The lowest BCUT2D eigenvalue weighted by Gasteiger charge is -2.37. The van der Waals surface area contributed by atoms with Crippen LogP contribution in [0.1, 0.15) is 22.9 Å². The highest BCUT2D eigenvalue weighted by atomic mass is 127. The van der Waals surface area contributed by atoms with Crippen LogP contribution in [0, 0.1) is 10.1 Å². The minimum atomic E-state index is -1.17. The predicted molar refractivity (Wildman–Crippen MR) is 150 cm³/mol. The van der Waals surface area contributed by atoms with Crippen LogP contribution in [0.25, 0.3) is 0 Å². The van der Waals surface area contributed by atoms with Crippen LogP contribution in [0.3, 0.4) is 0 Å². The van der Waals surface area contributed by atoms with Gasteiger partial charge in [0.05, 0.1) is 16.6 Å². The molecule has 1 aliphatic heterocycles. The molecule has 200 valence electrons. The summed E-state index contributed by atoms with van der Waals surface area (Å²) in [5, 5.41) is 21.3. The topological polar surface area (TPSA) is 126 Å². The van der Waals surface area contributed by atoms with E-state index in [4.69, 9.17) is 9.47 Å². The quantitative estimate of drug-likeness (QED) is 0.103. The van der Waals surface area contributed by atoms with Crippen molar-refractivity contribution in [2.75, 3.05) is 6.61 Å². The number of alkyl halides is 1. The highest BCUT2D eigenvalue weighted by Crippen LogP contribution is 2.42. The van der Waals surface area contributed by atoms with Crippen LogP contribution in [-0.4, -0.2) is 42.1 Å². The average Bonchev–Trinajstić information content (AvgIpc) is 3.24. The fourth-order valence-electron chi connectivity index (χ4n) is 4.87. The molecule has 11 heteroatoms. The second-order valence-electron chi connectivity index (χ2n) is 8.98. The van der Waals surface area contributed by atoms with E-state index in [1.54, 1.807) is 0 Å². The first-order valence-corrected chi connectivity index (χ1v) is 13.4. The predicted octanol–water partition coefficient (Wildman–Crippen LogP) is 3.12. The number of nitrogens with zero attached hydrogens (tertiary/aromatic N) is 3. The zero-order valence-electron chi connectivity index (χ0n) is 20.4. The third-order valence-electron chi connectivity index (χ3n) is 6.72. The first-order chi connectivity index (χ1) is 18.8. The van der Waals surface area contributed by atoms with Gasteiger partial charge in [-0.15, -0.1) is 0 Å². The van der Waals surface area contributed by atoms with E-state index >= 15 is 0 Å². The molecule has 2 heterocycles. The van der Waals surface area contributed by atoms with Gasteiger partial charge in [-0.1, -0.05) is 114 Å². The van der Waals surface area contributed by atoms with E-state index in [0.717, 1.165) is 33.5 Å². The van der Waals surface area contributed by atoms with Crippen molar-refractivity contribution < 1.29 is 19.6 Å². The van der Waals surface area contributed by atoms with Gasteiger partial charge in [0.1, 0.15) is 11.7 Å². The molecule has 5 rings (SSSR count). The second-order valence-corrected chi connectivity index (χ2v) is 10.4. The van der Waals surface area contributed by atoms with Crippen molar-refractivity contribution in [3.63, 3.8) is 0 Å². The Labute approximate surface area is 236 Å². The van der Waals surface area contributed by atoms with Crippen LogP contribution in [0.2, 0.25) is 0 Å². The van der Waals surface area contributed by atoms with Gasteiger partial charge in [-0.3, -0.25) is 9.36 Å². The van der Waals surface area contributed by atoms with E-state index in [9.17, 15) is 24.8 Å². The van der Waals surface area contributed by atoms with Gasteiger partial charge in [-0.25, -0.2) is 14.9 Å². The number of rotatable bonds is 8. The molecule has 0 unspecified atom stereocenters. The third-order valence-corrected chi connectivity index (χ3v) is 8.08. The van der Waals surface area contributed by atoms with Crippen molar-refractivity contribution >= 4 is 22.6 Å². The number of aliphatic hydroxyl groups excluding tert-OH is 1. The molecule has 4 atom stereocenters. The van der Waals surface area contributed by atoms with Crippen molar-refractivity contribution in [2.24, 2.45) is 0 Å². The number of aliphatic hydroxyl groups is 1. The first-order valence-electron chi connectivity index (χ1n) is 12.1. The molecule has 1 aliphatic rings. The minimum Gasteiger partial charge on any atom is -0.389 e. The molecule has 0 amide bonds. The lowest BCUT2D eigenvalue weighted by Crippen LogP contribution is -2.45. The average molecular weight is 641 g/mol. The number of hydrogen-bond acceptors (Lipinski definition) is 7. The molecule has 1 fully saturated rings. The number of benzene rings is 3. The summed E-state index contributed by atoms with van der Waals surface area (Å²) in [7, 11) is 0. The third kappa shape index (κ3) is 4.93. The smallest absolute Gasteiger partial charge is 0.389 e. The molecule has 3 aromatic carbocycles. The molecule has 0 bridgehead atoms. The number of halogens is 1. The Hall–Kier alpha value is -3.65. The maximum absolute atomic E-state index is 12.7. The summed E-state index contributed by atoms with van der Waals surface area (Å²) < 4.78 is 13.0. The van der Waals surface area contributed by atoms with Crippen LogP contribution in [0.15, 0.2) is 113 Å².